The van der Waals surface area contributed by atoms with Crippen molar-refractivity contribution < 1.29 is 28.0 Å². The largest absolute Gasteiger partial charge is 0.376 e. The van der Waals surface area contributed by atoms with Gasteiger partial charge in [0, 0.05) is 18.3 Å². The molecule has 6 nitrogen and oxygen atoms in total. The van der Waals surface area contributed by atoms with Crippen molar-refractivity contribution in [2.45, 2.75) is 17.6 Å². The molecule has 1 heterocycles. The van der Waals surface area contributed by atoms with Crippen molar-refractivity contribution in [2.75, 3.05) is 11.9 Å². The lowest BCUT2D eigenvalue weighted by Crippen LogP contribution is -2.54. The molecule has 136 valence electrons. The van der Waals surface area contributed by atoms with Gasteiger partial charge in [0.05, 0.1) is 11.0 Å². The van der Waals surface area contributed by atoms with Crippen LogP contribution in [0.3, 0.4) is 0 Å². The smallest absolute Gasteiger partial charge is 0.314 e. The van der Waals surface area contributed by atoms with Crippen molar-refractivity contribution in [1.82, 2.24) is 0 Å². The Hall–Kier alpha value is -2.94. The summed E-state index contributed by atoms with van der Waals surface area (Å²) in [6, 6.07) is 5.46. The van der Waals surface area contributed by atoms with Crippen LogP contribution >= 0.6 is 0 Å². The second-order valence-corrected chi connectivity index (χ2v) is 5.97. The van der Waals surface area contributed by atoms with E-state index in [1.807, 2.05) is 0 Å². The Balaban J connectivity index is 2.30. The fraction of sp³-hybridized carbons (Fsp3) is 0.235. The first-order chi connectivity index (χ1) is 12.2. The SMILES string of the molecule is CN1c2ccccc2C(O)(C(F)(F)c2ccc(F)cc2[N+](=O)[O-])C1C=O. The number of carbonyl (C=O) groups is 1. The molecule has 0 amide bonds. The van der Waals surface area contributed by atoms with Gasteiger partial charge < -0.3 is 14.8 Å². The molecule has 0 aliphatic carbocycles. The van der Waals surface area contributed by atoms with Crippen molar-refractivity contribution in [1.29, 1.82) is 0 Å². The zero-order chi connectivity index (χ0) is 19.3. The predicted molar refractivity (Wildman–Crippen MR) is 85.5 cm³/mol. The summed E-state index contributed by atoms with van der Waals surface area (Å²) in [6.45, 7) is 0. The van der Waals surface area contributed by atoms with Crippen LogP contribution in [0, 0.1) is 15.9 Å². The predicted octanol–water partition coefficient (Wildman–Crippen LogP) is 2.73. The standard InChI is InChI=1S/C17H13F3N2O4/c1-21-13-5-3-2-4-11(13)16(24,15(21)9-23)17(19,20)12-7-6-10(18)8-14(12)22(25)26/h2-9,15,24H,1H3. The van der Waals surface area contributed by atoms with Crippen molar-refractivity contribution in [2.24, 2.45) is 0 Å². The van der Waals surface area contributed by atoms with E-state index in [9.17, 15) is 24.4 Å². The maximum Gasteiger partial charge on any atom is 0.314 e. The molecule has 0 aromatic heterocycles. The highest BCUT2D eigenvalue weighted by atomic mass is 19.3. The van der Waals surface area contributed by atoms with E-state index in [2.05, 4.69) is 0 Å². The zero-order valence-corrected chi connectivity index (χ0v) is 13.4. The third-order valence-corrected chi connectivity index (χ3v) is 4.64. The van der Waals surface area contributed by atoms with Crippen LogP contribution in [0.15, 0.2) is 42.5 Å². The molecule has 1 aliphatic rings. The zero-order valence-electron chi connectivity index (χ0n) is 13.4. The first kappa shape index (κ1) is 17.9. The summed E-state index contributed by atoms with van der Waals surface area (Å²) < 4.78 is 44.2. The van der Waals surface area contributed by atoms with Gasteiger partial charge in [0.25, 0.3) is 5.69 Å². The molecule has 0 saturated carbocycles. The molecular weight excluding hydrogens is 353 g/mol. The quantitative estimate of drug-likeness (QED) is 0.511. The van der Waals surface area contributed by atoms with Crippen LogP contribution in [0.2, 0.25) is 0 Å². The van der Waals surface area contributed by atoms with E-state index in [1.165, 1.54) is 30.1 Å². The molecule has 2 unspecified atom stereocenters. The molecule has 0 spiro atoms. The van der Waals surface area contributed by atoms with E-state index in [-0.39, 0.29) is 17.5 Å². The molecule has 1 aliphatic heterocycles. The number of para-hydroxylation sites is 1. The van der Waals surface area contributed by atoms with E-state index >= 15 is 8.78 Å². The summed E-state index contributed by atoms with van der Waals surface area (Å²) in [4.78, 5) is 22.7. The minimum Gasteiger partial charge on any atom is -0.376 e. The maximum absolute atomic E-state index is 15.4. The molecule has 1 N–H and O–H groups in total. The van der Waals surface area contributed by atoms with E-state index in [0.717, 1.165) is 0 Å². The van der Waals surface area contributed by atoms with Crippen molar-refractivity contribution in [3.63, 3.8) is 0 Å². The fourth-order valence-electron chi connectivity index (χ4n) is 3.36. The normalized spacial score (nSPS) is 22.2. The van der Waals surface area contributed by atoms with Crippen LogP contribution in [-0.4, -0.2) is 29.4 Å². The second-order valence-electron chi connectivity index (χ2n) is 5.97. The number of aliphatic hydroxyl groups is 1. The number of nitro benzene ring substituents is 1. The molecule has 26 heavy (non-hydrogen) atoms. The lowest BCUT2D eigenvalue weighted by molar-refractivity contribution is -0.388. The molecule has 2 atom stereocenters. The number of carbonyl (C=O) groups excluding carboxylic acids is 1. The van der Waals surface area contributed by atoms with Gasteiger partial charge in [-0.1, -0.05) is 18.2 Å². The van der Waals surface area contributed by atoms with Crippen molar-refractivity contribution >= 4 is 17.7 Å². The molecule has 0 bridgehead atoms. The first-order valence-electron chi connectivity index (χ1n) is 7.48. The summed E-state index contributed by atoms with van der Waals surface area (Å²) in [5, 5.41) is 22.1. The number of fused-ring (bicyclic) bond motifs is 1. The monoisotopic (exact) mass is 366 g/mol. The van der Waals surface area contributed by atoms with Crippen LogP contribution in [0.25, 0.3) is 0 Å². The third-order valence-electron chi connectivity index (χ3n) is 4.64. The minimum absolute atomic E-state index is 0.156. The summed E-state index contributed by atoms with van der Waals surface area (Å²) >= 11 is 0. The summed E-state index contributed by atoms with van der Waals surface area (Å²) in [5.41, 5.74) is -5.48. The average Bonchev–Trinajstić information content (AvgIpc) is 2.83. The lowest BCUT2D eigenvalue weighted by Gasteiger charge is -2.36. The number of anilines is 1. The van der Waals surface area contributed by atoms with Crippen LogP contribution in [0.5, 0.6) is 0 Å². The highest BCUT2D eigenvalue weighted by Gasteiger charge is 2.66. The van der Waals surface area contributed by atoms with Gasteiger partial charge >= 0.3 is 5.92 Å². The Morgan fingerprint density at radius 1 is 1.31 bits per heavy atom. The lowest BCUT2D eigenvalue weighted by atomic mass is 9.80. The molecule has 0 radical (unpaired) electrons. The molecule has 0 fully saturated rings. The van der Waals surface area contributed by atoms with E-state index in [1.54, 1.807) is 6.07 Å². The Morgan fingerprint density at radius 3 is 2.58 bits per heavy atom. The summed E-state index contributed by atoms with van der Waals surface area (Å²) in [5.74, 6) is -5.32. The Kier molecular flexibility index (Phi) is 3.99. The minimum atomic E-state index is -4.25. The van der Waals surface area contributed by atoms with Gasteiger partial charge in [-0.3, -0.25) is 10.1 Å². The van der Waals surface area contributed by atoms with Crippen LogP contribution in [0.1, 0.15) is 11.1 Å². The average molecular weight is 366 g/mol. The highest BCUT2D eigenvalue weighted by Crippen LogP contribution is 2.56. The van der Waals surface area contributed by atoms with Crippen molar-refractivity contribution in [3.8, 4) is 0 Å². The van der Waals surface area contributed by atoms with Gasteiger partial charge in [-0.15, -0.1) is 0 Å². The molecule has 9 heteroatoms. The molecular formula is C17H13F3N2O4. The van der Waals surface area contributed by atoms with Crippen LogP contribution in [-0.2, 0) is 16.3 Å². The number of nitrogens with zero attached hydrogens (tertiary/aromatic N) is 2. The number of aldehydes is 1. The second kappa shape index (κ2) is 5.80. The summed E-state index contributed by atoms with van der Waals surface area (Å²) in [7, 11) is 1.35. The number of alkyl halides is 2. The highest BCUT2D eigenvalue weighted by molar-refractivity contribution is 5.77. The van der Waals surface area contributed by atoms with Gasteiger partial charge in [0.15, 0.2) is 5.60 Å². The number of likely N-dealkylation sites (N-methyl/N-ethyl adjacent to an activating group) is 1. The summed E-state index contributed by atoms with van der Waals surface area (Å²) in [6.07, 6.45) is 0.156. The molecule has 0 saturated heterocycles. The number of rotatable bonds is 4. The number of halogens is 3. The van der Waals surface area contributed by atoms with Crippen LogP contribution < -0.4 is 4.90 Å². The number of benzene rings is 2. The number of nitro groups is 1. The van der Waals surface area contributed by atoms with E-state index < -0.39 is 39.6 Å². The fourth-order valence-corrected chi connectivity index (χ4v) is 3.36. The van der Waals surface area contributed by atoms with Crippen LogP contribution in [0.4, 0.5) is 24.5 Å². The third kappa shape index (κ3) is 2.20. The van der Waals surface area contributed by atoms with Gasteiger partial charge in [-0.05, 0) is 18.2 Å². The number of hydrogen-bond acceptors (Lipinski definition) is 5. The maximum atomic E-state index is 15.4. The topological polar surface area (TPSA) is 83.7 Å². The number of hydrogen-bond donors (Lipinski definition) is 1. The molecule has 2 aromatic carbocycles. The van der Waals surface area contributed by atoms with E-state index in [4.69, 9.17) is 0 Å². The van der Waals surface area contributed by atoms with Crippen molar-refractivity contribution in [3.05, 3.63) is 69.5 Å². The Morgan fingerprint density at radius 2 is 1.96 bits per heavy atom. The van der Waals surface area contributed by atoms with E-state index in [0.29, 0.717) is 18.2 Å². The van der Waals surface area contributed by atoms with Gasteiger partial charge in [0.2, 0.25) is 0 Å². The van der Waals surface area contributed by atoms with Gasteiger partial charge in [-0.25, -0.2) is 4.39 Å². The Bertz CT molecular complexity index is 905. The van der Waals surface area contributed by atoms with Gasteiger partial charge in [-0.2, -0.15) is 8.78 Å². The molecule has 3 rings (SSSR count). The molecule has 2 aromatic rings. The Labute approximate surface area is 145 Å². The first-order valence-corrected chi connectivity index (χ1v) is 7.48. The van der Waals surface area contributed by atoms with Gasteiger partial charge in [0.1, 0.15) is 23.7 Å².